The number of carbonyl (C=O) groups is 2. The van der Waals surface area contributed by atoms with E-state index in [0.29, 0.717) is 16.1 Å². The smallest absolute Gasteiger partial charge is 0.268 e. The molecule has 0 bridgehead atoms. The predicted octanol–water partition coefficient (Wildman–Crippen LogP) is 8.19. The van der Waals surface area contributed by atoms with E-state index in [0.717, 1.165) is 24.1 Å². The van der Waals surface area contributed by atoms with Crippen LogP contribution in [0.4, 0.5) is 5.69 Å². The number of hydrogen-bond acceptors (Lipinski definition) is 4. The van der Waals surface area contributed by atoms with Gasteiger partial charge in [-0.1, -0.05) is 51.2 Å². The van der Waals surface area contributed by atoms with Gasteiger partial charge in [0, 0.05) is 5.39 Å². The molecule has 1 aliphatic rings. The number of rotatable bonds is 8. The van der Waals surface area contributed by atoms with E-state index in [1.54, 1.807) is 0 Å². The van der Waals surface area contributed by atoms with Crippen LogP contribution in [0, 0.1) is 0 Å². The number of fused-ring (bicyclic) bond motifs is 3. The van der Waals surface area contributed by atoms with Crippen molar-refractivity contribution in [1.82, 2.24) is 0 Å². The summed E-state index contributed by atoms with van der Waals surface area (Å²) in [4.78, 5) is 27.9. The Labute approximate surface area is 195 Å². The Morgan fingerprint density at radius 3 is 2.28 bits per heavy atom. The fourth-order valence-corrected chi connectivity index (χ4v) is 8.37. The molecule has 0 aliphatic carbocycles. The van der Waals surface area contributed by atoms with Crippen molar-refractivity contribution in [2.75, 3.05) is 4.90 Å². The third-order valence-corrected chi connectivity index (χ3v) is 9.41. The lowest BCUT2D eigenvalue weighted by atomic mass is 10.0. The molecule has 0 atom stereocenters. The first-order valence-corrected chi connectivity index (χ1v) is 13.1. The third-order valence-electron chi connectivity index (χ3n) is 5.29. The van der Waals surface area contributed by atoms with Crippen molar-refractivity contribution >= 4 is 82.1 Å². The lowest BCUT2D eigenvalue weighted by Crippen LogP contribution is -2.29. The van der Waals surface area contributed by atoms with Gasteiger partial charge in [0.1, 0.15) is 4.88 Å². The summed E-state index contributed by atoms with van der Waals surface area (Å²) in [5.41, 5.74) is 2.43. The highest BCUT2D eigenvalue weighted by Crippen LogP contribution is 2.49. The van der Waals surface area contributed by atoms with E-state index in [9.17, 15) is 9.59 Å². The van der Waals surface area contributed by atoms with E-state index < -0.39 is 0 Å². The fraction of sp³-hybridized carbons (Fsp3) is 0.364. The van der Waals surface area contributed by atoms with Crippen LogP contribution < -0.4 is 4.90 Å². The molecule has 0 N–H and O–H groups in total. The van der Waals surface area contributed by atoms with Crippen LogP contribution in [-0.4, -0.2) is 11.8 Å². The molecule has 0 unspecified atom stereocenters. The summed E-state index contributed by atoms with van der Waals surface area (Å²) >= 11 is 9.99. The number of thiophene rings is 2. The number of anilines is 1. The molecule has 29 heavy (non-hydrogen) atoms. The minimum absolute atomic E-state index is 0.223. The Kier molecular flexibility index (Phi) is 6.59. The second-order valence-electron chi connectivity index (χ2n) is 7.29. The topological polar surface area (TPSA) is 37.4 Å². The molecule has 7 heteroatoms. The van der Waals surface area contributed by atoms with Crippen LogP contribution >= 0.6 is 54.5 Å². The van der Waals surface area contributed by atoms with E-state index in [1.165, 1.54) is 71.7 Å². The molecule has 2 aromatic heterocycles. The van der Waals surface area contributed by atoms with Crippen molar-refractivity contribution in [3.05, 3.63) is 47.8 Å². The van der Waals surface area contributed by atoms with E-state index in [-0.39, 0.29) is 11.8 Å². The van der Waals surface area contributed by atoms with Gasteiger partial charge in [-0.25, -0.2) is 4.90 Å². The first-order valence-electron chi connectivity index (χ1n) is 9.91. The SMILES string of the molecule is CCCCCCCCc1ccc(N2C(=O)c3sc4c(Br)sc(Br)c4c3C2=O)cc1. The number of unbranched alkanes of at least 4 members (excludes halogenated alkanes) is 5. The van der Waals surface area contributed by atoms with Crippen LogP contribution in [-0.2, 0) is 6.42 Å². The summed E-state index contributed by atoms with van der Waals surface area (Å²) in [5, 5.41) is 0.849. The van der Waals surface area contributed by atoms with Crippen molar-refractivity contribution in [1.29, 1.82) is 0 Å². The summed E-state index contributed by atoms with van der Waals surface area (Å²) in [6.07, 6.45) is 8.69. The molecule has 1 aliphatic heterocycles. The molecule has 3 aromatic rings. The highest BCUT2D eigenvalue weighted by molar-refractivity contribution is 9.12. The summed E-state index contributed by atoms with van der Waals surface area (Å²) in [7, 11) is 0. The second-order valence-corrected chi connectivity index (χ2v) is 12.0. The van der Waals surface area contributed by atoms with Crippen molar-refractivity contribution < 1.29 is 9.59 Å². The zero-order valence-corrected chi connectivity index (χ0v) is 20.9. The molecule has 152 valence electrons. The molecule has 0 spiro atoms. The van der Waals surface area contributed by atoms with Crippen LogP contribution in [0.2, 0.25) is 0 Å². The molecular formula is C22H21Br2NO2S2. The van der Waals surface area contributed by atoms with Gasteiger partial charge in [-0.2, -0.15) is 0 Å². The largest absolute Gasteiger partial charge is 0.276 e. The van der Waals surface area contributed by atoms with Crippen molar-refractivity contribution in [3.63, 3.8) is 0 Å². The summed E-state index contributed by atoms with van der Waals surface area (Å²) in [6, 6.07) is 7.88. The standard InChI is InChI=1S/C22H21Br2NO2S2/c1-2-3-4-5-6-7-8-13-9-11-14(12-10-13)25-21(26)16-15-17(20(24)29-19(15)23)28-18(16)22(25)27/h9-12H,2-8H2,1H3. The molecular weight excluding hydrogens is 534 g/mol. The highest BCUT2D eigenvalue weighted by atomic mass is 79.9. The van der Waals surface area contributed by atoms with Crippen molar-refractivity contribution in [2.45, 2.75) is 51.9 Å². The minimum Gasteiger partial charge on any atom is -0.268 e. The Bertz CT molecular complexity index is 1070. The number of hydrogen-bond donors (Lipinski definition) is 0. The quantitative estimate of drug-likeness (QED) is 0.208. The van der Waals surface area contributed by atoms with Gasteiger partial charge in [-0.3, -0.25) is 9.59 Å². The molecule has 0 fully saturated rings. The fourth-order valence-electron chi connectivity index (χ4n) is 3.75. The third kappa shape index (κ3) is 3.99. The van der Waals surface area contributed by atoms with Gasteiger partial charge >= 0.3 is 0 Å². The molecule has 3 heterocycles. The summed E-state index contributed by atoms with van der Waals surface area (Å²) in [6.45, 7) is 2.23. The zero-order chi connectivity index (χ0) is 20.5. The Morgan fingerprint density at radius 1 is 0.862 bits per heavy atom. The first kappa shape index (κ1) is 21.2. The van der Waals surface area contributed by atoms with Crippen LogP contribution in [0.3, 0.4) is 0 Å². The van der Waals surface area contributed by atoms with Crippen LogP contribution in [0.25, 0.3) is 10.1 Å². The monoisotopic (exact) mass is 553 g/mol. The average Bonchev–Trinajstić information content (AvgIpc) is 3.31. The summed E-state index contributed by atoms with van der Waals surface area (Å²) < 4.78 is 2.79. The van der Waals surface area contributed by atoms with Crippen molar-refractivity contribution in [3.8, 4) is 0 Å². The average molecular weight is 555 g/mol. The van der Waals surface area contributed by atoms with Crippen LogP contribution in [0.15, 0.2) is 31.8 Å². The van der Waals surface area contributed by atoms with Gasteiger partial charge in [0.25, 0.3) is 11.8 Å². The van der Waals surface area contributed by atoms with E-state index in [4.69, 9.17) is 0 Å². The maximum Gasteiger partial charge on any atom is 0.276 e. The molecule has 0 radical (unpaired) electrons. The van der Waals surface area contributed by atoms with Gasteiger partial charge in [0.15, 0.2) is 0 Å². The van der Waals surface area contributed by atoms with Gasteiger partial charge in [-0.05, 0) is 62.4 Å². The zero-order valence-electron chi connectivity index (χ0n) is 16.1. The van der Waals surface area contributed by atoms with Gasteiger partial charge in [0.2, 0.25) is 0 Å². The number of nitrogens with zero attached hydrogens (tertiary/aromatic N) is 1. The molecule has 0 saturated carbocycles. The molecule has 2 amide bonds. The van der Waals surface area contributed by atoms with E-state index >= 15 is 0 Å². The predicted molar refractivity (Wildman–Crippen MR) is 130 cm³/mol. The number of halogens is 2. The molecule has 0 saturated heterocycles. The van der Waals surface area contributed by atoms with Crippen LogP contribution in [0.5, 0.6) is 0 Å². The molecule has 3 nitrogen and oxygen atoms in total. The lowest BCUT2D eigenvalue weighted by Gasteiger charge is -2.14. The van der Waals surface area contributed by atoms with E-state index in [2.05, 4.69) is 38.8 Å². The van der Waals surface area contributed by atoms with Gasteiger partial charge in [0.05, 0.1) is 23.5 Å². The van der Waals surface area contributed by atoms with Gasteiger partial charge in [-0.15, -0.1) is 22.7 Å². The molecule has 4 rings (SSSR count). The summed E-state index contributed by atoms with van der Waals surface area (Å²) in [5.74, 6) is -0.454. The maximum atomic E-state index is 13.1. The normalized spacial score (nSPS) is 13.7. The highest BCUT2D eigenvalue weighted by Gasteiger charge is 2.41. The number of amides is 2. The number of aryl methyl sites for hydroxylation is 1. The number of benzene rings is 1. The Hall–Kier alpha value is -1.02. The van der Waals surface area contributed by atoms with Crippen LogP contribution in [0.1, 0.15) is 71.0 Å². The minimum atomic E-state index is -0.231. The van der Waals surface area contributed by atoms with Gasteiger partial charge < -0.3 is 0 Å². The first-order chi connectivity index (χ1) is 14.0. The number of imide groups is 1. The van der Waals surface area contributed by atoms with Crippen molar-refractivity contribution in [2.24, 2.45) is 0 Å². The lowest BCUT2D eigenvalue weighted by molar-refractivity contribution is 0.0927. The van der Waals surface area contributed by atoms with E-state index in [1.807, 2.05) is 24.3 Å². The molecule has 1 aromatic carbocycles. The number of carbonyl (C=O) groups excluding carboxylic acids is 2. The Morgan fingerprint density at radius 2 is 1.55 bits per heavy atom. The Balaban J connectivity index is 1.47. The second kappa shape index (κ2) is 9.00. The maximum absolute atomic E-state index is 13.1.